The van der Waals surface area contributed by atoms with Crippen LogP contribution < -0.4 is 10.2 Å². The van der Waals surface area contributed by atoms with Gasteiger partial charge in [0.15, 0.2) is 5.75 Å². The van der Waals surface area contributed by atoms with Gasteiger partial charge in [-0.15, -0.1) is 0 Å². The fraction of sp³-hybridized carbons (Fsp3) is 0.389. The van der Waals surface area contributed by atoms with Crippen LogP contribution in [0, 0.1) is 0 Å². The van der Waals surface area contributed by atoms with Crippen molar-refractivity contribution in [3.8, 4) is 16.9 Å². The number of aromatic nitrogens is 1. The second kappa shape index (κ2) is 14.9. The maximum absolute atomic E-state index is 12.7. The van der Waals surface area contributed by atoms with Crippen molar-refractivity contribution in [2.24, 2.45) is 0 Å². The summed E-state index contributed by atoms with van der Waals surface area (Å²) in [6.45, 7) is 5.36. The maximum atomic E-state index is 12.7. The van der Waals surface area contributed by atoms with E-state index in [0.717, 1.165) is 96.8 Å². The summed E-state index contributed by atoms with van der Waals surface area (Å²) in [5, 5.41) is 25.5. The van der Waals surface area contributed by atoms with Crippen molar-refractivity contribution in [2.75, 3.05) is 62.0 Å². The summed E-state index contributed by atoms with van der Waals surface area (Å²) in [5.74, 6) is -0.238. The number of pyridine rings is 1. The Morgan fingerprint density at radius 1 is 1.06 bits per heavy atom. The topological polar surface area (TPSA) is 92.2 Å². The van der Waals surface area contributed by atoms with Gasteiger partial charge in [0.1, 0.15) is 6.04 Å². The number of nitrogens with zero attached hydrogens (tertiary/aromatic N) is 4. The number of likely N-dealkylation sites (N-methyl/N-ethyl adjacent to an activating group) is 1. The molecule has 0 spiro atoms. The molecule has 0 unspecified atom stereocenters. The van der Waals surface area contributed by atoms with Crippen LogP contribution in [0.4, 0.5) is 17.1 Å². The molecule has 2 heterocycles. The van der Waals surface area contributed by atoms with Crippen LogP contribution in [0.1, 0.15) is 24.8 Å². The summed E-state index contributed by atoms with van der Waals surface area (Å²) in [6, 6.07) is 17.3. The van der Waals surface area contributed by atoms with E-state index in [9.17, 15) is 15.0 Å². The first kappa shape index (κ1) is 33.7. The third-order valence-electron chi connectivity index (χ3n) is 9.14. The van der Waals surface area contributed by atoms with Gasteiger partial charge in [-0.05, 0) is 97.8 Å². The lowest BCUT2D eigenvalue weighted by Gasteiger charge is -2.33. The van der Waals surface area contributed by atoms with Gasteiger partial charge in [0.25, 0.3) is 0 Å². The number of phenolic OH excluding ortho intramolecular Hbond substituents is 1. The summed E-state index contributed by atoms with van der Waals surface area (Å²) in [7, 11) is 2.17. The Bertz CT molecular complexity index is 1720. The third kappa shape index (κ3) is 7.92. The average Bonchev–Trinajstić information content (AvgIpc) is 3.91. The van der Waals surface area contributed by atoms with E-state index in [1.165, 1.54) is 5.56 Å². The van der Waals surface area contributed by atoms with Crippen LogP contribution in [0.15, 0.2) is 60.8 Å². The number of carbonyl (C=O) groups is 1. The first-order valence-electron chi connectivity index (χ1n) is 16.1. The minimum absolute atomic E-state index is 0.130. The summed E-state index contributed by atoms with van der Waals surface area (Å²) in [5.41, 5.74) is 6.13. The van der Waals surface area contributed by atoms with Crippen molar-refractivity contribution >= 4 is 68.9 Å². The SMILES string of the molecule is CSCC[C@@H](C(=O)O)N(c1cnc2ccc(-c3cc(Cl)c(O)c(Cl)c3)cc2c1Nc1cccc(CCN2CCN(C)CC2)c1)C1CC1. The number of carboxylic acids is 1. The first-order valence-corrected chi connectivity index (χ1v) is 18.2. The molecule has 1 saturated carbocycles. The van der Waals surface area contributed by atoms with Crippen molar-refractivity contribution in [2.45, 2.75) is 37.8 Å². The molecule has 1 saturated heterocycles. The van der Waals surface area contributed by atoms with Gasteiger partial charge < -0.3 is 30.2 Å². The number of fused-ring (bicyclic) bond motifs is 1. The molecular weight excluding hydrogens is 653 g/mol. The van der Waals surface area contributed by atoms with Crippen molar-refractivity contribution < 1.29 is 15.0 Å². The Labute approximate surface area is 290 Å². The van der Waals surface area contributed by atoms with Gasteiger partial charge in [0.2, 0.25) is 0 Å². The molecule has 1 aliphatic carbocycles. The first-order chi connectivity index (χ1) is 22.7. The number of hydrogen-bond acceptors (Lipinski definition) is 8. The quantitative estimate of drug-likeness (QED) is 0.131. The predicted octanol–water partition coefficient (Wildman–Crippen LogP) is 7.62. The summed E-state index contributed by atoms with van der Waals surface area (Å²) in [6.07, 6.45) is 7.17. The number of halogens is 2. The summed E-state index contributed by atoms with van der Waals surface area (Å²) >= 11 is 14.3. The zero-order chi connectivity index (χ0) is 33.1. The lowest BCUT2D eigenvalue weighted by Crippen LogP contribution is -2.45. The van der Waals surface area contributed by atoms with Crippen LogP contribution >= 0.6 is 35.0 Å². The van der Waals surface area contributed by atoms with Crippen LogP contribution in [0.2, 0.25) is 10.0 Å². The van der Waals surface area contributed by atoms with Crippen LogP contribution in [0.3, 0.4) is 0 Å². The highest BCUT2D eigenvalue weighted by Gasteiger charge is 2.39. The lowest BCUT2D eigenvalue weighted by molar-refractivity contribution is -0.138. The molecule has 3 aromatic carbocycles. The smallest absolute Gasteiger partial charge is 0.326 e. The second-order valence-corrected chi connectivity index (χ2v) is 14.3. The molecule has 0 bridgehead atoms. The number of nitrogens with one attached hydrogen (secondary N) is 1. The van der Waals surface area contributed by atoms with Gasteiger partial charge in [-0.3, -0.25) is 4.98 Å². The third-order valence-corrected chi connectivity index (χ3v) is 10.4. The van der Waals surface area contributed by atoms with Crippen LogP contribution in [0.5, 0.6) is 5.75 Å². The number of anilines is 3. The molecule has 248 valence electrons. The fourth-order valence-electron chi connectivity index (χ4n) is 6.31. The minimum atomic E-state index is -0.829. The summed E-state index contributed by atoms with van der Waals surface area (Å²) < 4.78 is 0. The van der Waals surface area contributed by atoms with E-state index in [4.69, 9.17) is 28.2 Å². The standard InChI is InChI=1S/C36H41Cl2N5O3S/c1-41-13-15-42(16-14-41)12-10-23-4-3-5-26(18-23)40-34-28-19-24(25-20-29(37)35(44)30(38)21-25)6-9-31(28)39-22-33(34)43(27-7-8-27)32(36(45)46)11-17-47-2/h3-6,9,18-22,27,32,44H,7-8,10-17H2,1-2H3,(H,39,40)(H,45,46)/t32-/m0/s1. The number of aliphatic carboxylic acids is 1. The lowest BCUT2D eigenvalue weighted by atomic mass is 10.0. The fourth-order valence-corrected chi connectivity index (χ4v) is 7.26. The van der Waals surface area contributed by atoms with Crippen molar-refractivity contribution in [1.82, 2.24) is 14.8 Å². The van der Waals surface area contributed by atoms with Crippen molar-refractivity contribution in [1.29, 1.82) is 0 Å². The minimum Gasteiger partial charge on any atom is -0.505 e. The predicted molar refractivity (Wildman–Crippen MR) is 196 cm³/mol. The Morgan fingerprint density at radius 3 is 2.49 bits per heavy atom. The molecule has 6 rings (SSSR count). The van der Waals surface area contributed by atoms with Gasteiger partial charge in [-0.1, -0.05) is 41.4 Å². The number of rotatable bonds is 13. The van der Waals surface area contributed by atoms with Crippen LogP contribution in [0.25, 0.3) is 22.0 Å². The number of phenols is 1. The molecule has 0 amide bonds. The van der Waals surface area contributed by atoms with Gasteiger partial charge in [-0.2, -0.15) is 11.8 Å². The Morgan fingerprint density at radius 2 is 1.81 bits per heavy atom. The van der Waals surface area contributed by atoms with Crippen LogP contribution in [-0.2, 0) is 11.2 Å². The van der Waals surface area contributed by atoms with E-state index in [0.29, 0.717) is 6.42 Å². The number of piperazine rings is 1. The molecule has 2 fully saturated rings. The van der Waals surface area contributed by atoms with Crippen molar-refractivity contribution in [3.63, 3.8) is 0 Å². The largest absolute Gasteiger partial charge is 0.505 e. The number of benzene rings is 3. The monoisotopic (exact) mass is 693 g/mol. The number of carboxylic acid groups (broad SMARTS) is 1. The van der Waals surface area contributed by atoms with Gasteiger partial charge in [-0.25, -0.2) is 4.79 Å². The molecule has 0 radical (unpaired) electrons. The molecular formula is C36H41Cl2N5O3S. The Balaban J connectivity index is 1.42. The molecule has 11 heteroatoms. The van der Waals surface area contributed by atoms with Gasteiger partial charge >= 0.3 is 5.97 Å². The Hall–Kier alpha value is -3.21. The van der Waals surface area contributed by atoms with E-state index in [1.807, 2.05) is 30.7 Å². The highest BCUT2D eigenvalue weighted by molar-refractivity contribution is 7.98. The number of aromatic hydroxyl groups is 1. The molecule has 2 aliphatic rings. The molecule has 1 atom stereocenters. The highest BCUT2D eigenvalue weighted by Crippen LogP contribution is 2.44. The number of hydrogen-bond donors (Lipinski definition) is 3. The molecule has 3 N–H and O–H groups in total. The molecule has 47 heavy (non-hydrogen) atoms. The van der Waals surface area contributed by atoms with Gasteiger partial charge in [0.05, 0.1) is 33.1 Å². The second-order valence-electron chi connectivity index (χ2n) is 12.5. The Kier molecular flexibility index (Phi) is 10.7. The molecule has 4 aromatic rings. The van der Waals surface area contributed by atoms with E-state index in [-0.39, 0.29) is 21.8 Å². The molecule has 1 aromatic heterocycles. The van der Waals surface area contributed by atoms with E-state index in [2.05, 4.69) is 51.3 Å². The van der Waals surface area contributed by atoms with Crippen LogP contribution in [-0.4, -0.2) is 94.8 Å². The normalized spacial score (nSPS) is 16.3. The van der Waals surface area contributed by atoms with E-state index < -0.39 is 12.0 Å². The number of thioether (sulfide) groups is 1. The zero-order valence-electron chi connectivity index (χ0n) is 26.8. The summed E-state index contributed by atoms with van der Waals surface area (Å²) in [4.78, 5) is 24.5. The van der Waals surface area contributed by atoms with E-state index >= 15 is 0 Å². The molecule has 8 nitrogen and oxygen atoms in total. The maximum Gasteiger partial charge on any atom is 0.326 e. The molecule has 1 aliphatic heterocycles. The van der Waals surface area contributed by atoms with Crippen molar-refractivity contribution in [3.05, 3.63) is 76.4 Å². The zero-order valence-corrected chi connectivity index (χ0v) is 29.1. The van der Waals surface area contributed by atoms with E-state index in [1.54, 1.807) is 23.9 Å². The van der Waals surface area contributed by atoms with Gasteiger partial charge in [0, 0.05) is 49.8 Å². The highest BCUT2D eigenvalue weighted by atomic mass is 35.5. The average molecular weight is 695 g/mol.